The number of hydrogen-bond donors (Lipinski definition) is 1. The molecule has 0 spiro atoms. The maximum absolute atomic E-state index is 5.37. The minimum absolute atomic E-state index is 0.533. The number of ether oxygens (including phenoxy) is 1. The van der Waals surface area contributed by atoms with E-state index in [-0.39, 0.29) is 0 Å². The van der Waals surface area contributed by atoms with Gasteiger partial charge in [0.05, 0.1) is 17.3 Å². The summed E-state index contributed by atoms with van der Waals surface area (Å²) in [6, 6.07) is 0. The summed E-state index contributed by atoms with van der Waals surface area (Å²) in [4.78, 5) is 0. The molecule has 1 rings (SSSR count). The highest BCUT2D eigenvalue weighted by molar-refractivity contribution is 9.10. The van der Waals surface area contributed by atoms with E-state index in [1.165, 1.54) is 0 Å². The normalized spacial score (nSPS) is 10.5. The number of aromatic nitrogens is 2. The molecule has 0 saturated carbocycles. The summed E-state index contributed by atoms with van der Waals surface area (Å²) in [7, 11) is 0. The fraction of sp³-hybridized carbons (Fsp3) is 0.571. The molecule has 0 aliphatic rings. The zero-order valence-electron chi connectivity index (χ0n) is 6.60. The van der Waals surface area contributed by atoms with Gasteiger partial charge in [-0.25, -0.2) is 5.10 Å². The number of rotatable bonds is 3. The van der Waals surface area contributed by atoms with Crippen LogP contribution in [0.15, 0.2) is 10.7 Å². The Labute approximate surface area is 74.3 Å². The average molecular weight is 219 g/mol. The molecule has 1 N–H and O–H groups in total. The molecule has 62 valence electrons. The van der Waals surface area contributed by atoms with Crippen molar-refractivity contribution in [1.29, 1.82) is 0 Å². The zero-order chi connectivity index (χ0) is 8.27. The van der Waals surface area contributed by atoms with Gasteiger partial charge >= 0.3 is 0 Å². The first-order chi connectivity index (χ1) is 5.20. The van der Waals surface area contributed by atoms with E-state index in [2.05, 4.69) is 40.0 Å². The first-order valence-corrected chi connectivity index (χ1v) is 4.31. The van der Waals surface area contributed by atoms with Gasteiger partial charge in [0, 0.05) is 0 Å². The molecule has 0 radical (unpaired) electrons. The number of nitrogens with one attached hydrogen (secondary N) is 1. The predicted octanol–water partition coefficient (Wildman–Crippen LogP) is 2.21. The monoisotopic (exact) mass is 218 g/mol. The Bertz CT molecular complexity index is 222. The lowest BCUT2D eigenvalue weighted by Gasteiger charge is -2.05. The molecule has 0 aromatic carbocycles. The van der Waals surface area contributed by atoms with Gasteiger partial charge in [0.1, 0.15) is 0 Å². The lowest BCUT2D eigenvalue weighted by molar-refractivity contribution is 0.259. The number of H-pyrrole nitrogens is 1. The van der Waals surface area contributed by atoms with Crippen LogP contribution in [-0.2, 0) is 0 Å². The molecule has 1 aromatic heterocycles. The smallest absolute Gasteiger partial charge is 0.223 e. The average Bonchev–Trinajstić information content (AvgIpc) is 2.31. The largest absolute Gasteiger partial charge is 0.477 e. The molecule has 0 unspecified atom stereocenters. The summed E-state index contributed by atoms with van der Waals surface area (Å²) in [5.74, 6) is 1.24. The minimum atomic E-state index is 0.533. The van der Waals surface area contributed by atoms with E-state index < -0.39 is 0 Å². The third kappa shape index (κ3) is 2.54. The Morgan fingerprint density at radius 2 is 2.45 bits per heavy atom. The van der Waals surface area contributed by atoms with Gasteiger partial charge in [0.25, 0.3) is 0 Å². The molecular formula is C7H11BrN2O. The first-order valence-electron chi connectivity index (χ1n) is 3.52. The number of halogens is 1. The van der Waals surface area contributed by atoms with Crippen LogP contribution >= 0.6 is 15.9 Å². The van der Waals surface area contributed by atoms with E-state index in [9.17, 15) is 0 Å². The maximum atomic E-state index is 5.37. The predicted molar refractivity (Wildman–Crippen MR) is 46.6 cm³/mol. The van der Waals surface area contributed by atoms with Crippen LogP contribution in [0.2, 0.25) is 0 Å². The van der Waals surface area contributed by atoms with Crippen molar-refractivity contribution in [2.24, 2.45) is 5.92 Å². The van der Waals surface area contributed by atoms with Gasteiger partial charge in [0.2, 0.25) is 5.88 Å². The molecule has 3 nitrogen and oxygen atoms in total. The molecule has 0 saturated heterocycles. The Kier molecular flexibility index (Phi) is 2.93. The van der Waals surface area contributed by atoms with Crippen molar-refractivity contribution in [3.8, 4) is 5.88 Å². The fourth-order valence-corrected chi connectivity index (χ4v) is 0.916. The SMILES string of the molecule is CC(C)COc1[nH]ncc1Br. The summed E-state index contributed by atoms with van der Waals surface area (Å²) >= 11 is 3.30. The number of hydrogen-bond acceptors (Lipinski definition) is 2. The number of aromatic amines is 1. The second kappa shape index (κ2) is 3.76. The molecule has 0 bridgehead atoms. The van der Waals surface area contributed by atoms with Crippen molar-refractivity contribution in [2.75, 3.05) is 6.61 Å². The van der Waals surface area contributed by atoms with E-state index in [4.69, 9.17) is 4.74 Å². The van der Waals surface area contributed by atoms with Gasteiger partial charge in [-0.3, -0.25) is 0 Å². The van der Waals surface area contributed by atoms with Gasteiger partial charge < -0.3 is 4.74 Å². The quantitative estimate of drug-likeness (QED) is 0.846. The molecule has 0 aliphatic carbocycles. The van der Waals surface area contributed by atoms with Gasteiger partial charge in [-0.2, -0.15) is 5.10 Å². The Morgan fingerprint density at radius 1 is 1.73 bits per heavy atom. The highest BCUT2D eigenvalue weighted by Crippen LogP contribution is 2.20. The molecule has 0 amide bonds. The van der Waals surface area contributed by atoms with Crippen molar-refractivity contribution in [3.05, 3.63) is 10.7 Å². The van der Waals surface area contributed by atoms with Crippen molar-refractivity contribution in [1.82, 2.24) is 10.2 Å². The first kappa shape index (κ1) is 8.59. The Hall–Kier alpha value is -0.510. The highest BCUT2D eigenvalue weighted by atomic mass is 79.9. The standard InChI is InChI=1S/C7H11BrN2O/c1-5(2)4-11-7-6(8)3-9-10-7/h3,5H,4H2,1-2H3,(H,9,10). The minimum Gasteiger partial charge on any atom is -0.477 e. The summed E-state index contributed by atoms with van der Waals surface area (Å²) in [5.41, 5.74) is 0. The van der Waals surface area contributed by atoms with Gasteiger partial charge in [-0.05, 0) is 21.8 Å². The van der Waals surface area contributed by atoms with Crippen molar-refractivity contribution >= 4 is 15.9 Å². The van der Waals surface area contributed by atoms with Gasteiger partial charge in [-0.15, -0.1) is 0 Å². The van der Waals surface area contributed by atoms with Crippen LogP contribution < -0.4 is 4.74 Å². The summed E-state index contributed by atoms with van der Waals surface area (Å²) < 4.78 is 6.25. The van der Waals surface area contributed by atoms with E-state index in [0.29, 0.717) is 18.4 Å². The van der Waals surface area contributed by atoms with E-state index in [1.54, 1.807) is 6.20 Å². The van der Waals surface area contributed by atoms with Crippen LogP contribution in [0.1, 0.15) is 13.8 Å². The second-order valence-electron chi connectivity index (χ2n) is 2.75. The van der Waals surface area contributed by atoms with Crippen LogP contribution in [0.4, 0.5) is 0 Å². The summed E-state index contributed by atoms with van der Waals surface area (Å²) in [6.45, 7) is 4.91. The molecule has 0 aliphatic heterocycles. The zero-order valence-corrected chi connectivity index (χ0v) is 8.18. The van der Waals surface area contributed by atoms with Crippen LogP contribution in [0.3, 0.4) is 0 Å². The topological polar surface area (TPSA) is 37.9 Å². The van der Waals surface area contributed by atoms with Crippen molar-refractivity contribution < 1.29 is 4.74 Å². The summed E-state index contributed by atoms with van der Waals surface area (Å²) in [6.07, 6.45) is 1.68. The third-order valence-electron chi connectivity index (χ3n) is 1.12. The van der Waals surface area contributed by atoms with Gasteiger partial charge in [-0.1, -0.05) is 13.8 Å². The van der Waals surface area contributed by atoms with Crippen molar-refractivity contribution in [2.45, 2.75) is 13.8 Å². The lowest BCUT2D eigenvalue weighted by Crippen LogP contribution is -2.04. The molecule has 1 heterocycles. The molecule has 1 aromatic rings. The molecule has 0 fully saturated rings. The van der Waals surface area contributed by atoms with Gasteiger partial charge in [0.15, 0.2) is 0 Å². The van der Waals surface area contributed by atoms with E-state index >= 15 is 0 Å². The molecule has 11 heavy (non-hydrogen) atoms. The van der Waals surface area contributed by atoms with Crippen LogP contribution in [0.25, 0.3) is 0 Å². The highest BCUT2D eigenvalue weighted by Gasteiger charge is 2.02. The third-order valence-corrected chi connectivity index (χ3v) is 1.69. The lowest BCUT2D eigenvalue weighted by atomic mass is 10.2. The molecular weight excluding hydrogens is 208 g/mol. The maximum Gasteiger partial charge on any atom is 0.223 e. The number of nitrogens with zero attached hydrogens (tertiary/aromatic N) is 1. The second-order valence-corrected chi connectivity index (χ2v) is 3.61. The molecule has 0 atom stereocenters. The van der Waals surface area contributed by atoms with Crippen LogP contribution in [0, 0.1) is 5.92 Å². The summed E-state index contributed by atoms with van der Waals surface area (Å²) in [5, 5.41) is 6.54. The molecule has 4 heteroatoms. The van der Waals surface area contributed by atoms with E-state index in [0.717, 1.165) is 4.47 Å². The Balaban J connectivity index is 2.44. The van der Waals surface area contributed by atoms with Crippen LogP contribution in [-0.4, -0.2) is 16.8 Å². The van der Waals surface area contributed by atoms with Crippen LogP contribution in [0.5, 0.6) is 5.88 Å². The fourth-order valence-electron chi connectivity index (χ4n) is 0.611. The van der Waals surface area contributed by atoms with E-state index in [1.807, 2.05) is 0 Å². The van der Waals surface area contributed by atoms with Crippen molar-refractivity contribution in [3.63, 3.8) is 0 Å². The Morgan fingerprint density at radius 3 is 2.91 bits per heavy atom.